The Morgan fingerprint density at radius 3 is 1.95 bits per heavy atom. The van der Waals surface area contributed by atoms with Crippen molar-refractivity contribution in [3.8, 4) is 0 Å². The number of aryl methyl sites for hydroxylation is 2. The molecule has 2 aromatic rings. The van der Waals surface area contributed by atoms with Crippen molar-refractivity contribution in [3.05, 3.63) is 63.7 Å². The van der Waals surface area contributed by atoms with Gasteiger partial charge in [0.1, 0.15) is 0 Å². The second-order valence-corrected chi connectivity index (χ2v) is 9.57. The second kappa shape index (κ2) is 12.0. The number of nitrogens with zero attached hydrogens (tertiary/aromatic N) is 2. The van der Waals surface area contributed by atoms with E-state index in [0.717, 1.165) is 23.1 Å². The fraction of sp³-hybridized carbons (Fsp3) is 0.500. The van der Waals surface area contributed by atoms with Crippen LogP contribution in [-0.4, -0.2) is 36.8 Å². The first-order chi connectivity index (χ1) is 18.7. The SMILES string of the molecule is CCOC(=O)N1c2cc(CC)c(CC)cc2[C@H](N(Cc2cc(C(F)(F)F)cc(C(F)(F)F)c2)C(=O)OC)C[C@@H]1C. The molecule has 0 fully saturated rings. The Labute approximate surface area is 228 Å². The zero-order valence-corrected chi connectivity index (χ0v) is 22.9. The Bertz CT molecular complexity index is 1210. The van der Waals surface area contributed by atoms with Crippen molar-refractivity contribution in [1.29, 1.82) is 0 Å². The molecule has 3 rings (SSSR count). The summed E-state index contributed by atoms with van der Waals surface area (Å²) in [7, 11) is 1.08. The zero-order chi connectivity index (χ0) is 30.0. The number of carbonyl (C=O) groups excluding carboxylic acids is 2. The molecule has 0 radical (unpaired) electrons. The normalized spacial score (nSPS) is 17.3. The van der Waals surface area contributed by atoms with Crippen molar-refractivity contribution in [3.63, 3.8) is 0 Å². The fourth-order valence-electron chi connectivity index (χ4n) is 5.12. The highest BCUT2D eigenvalue weighted by molar-refractivity contribution is 5.91. The van der Waals surface area contributed by atoms with Crippen LogP contribution in [0.3, 0.4) is 0 Å². The van der Waals surface area contributed by atoms with Crippen molar-refractivity contribution in [2.75, 3.05) is 18.6 Å². The van der Waals surface area contributed by atoms with Gasteiger partial charge in [-0.05, 0) is 79.6 Å². The fourth-order valence-corrected chi connectivity index (χ4v) is 5.12. The molecule has 0 saturated carbocycles. The quantitative estimate of drug-likeness (QED) is 0.329. The molecule has 220 valence electrons. The van der Waals surface area contributed by atoms with Gasteiger partial charge in [0.25, 0.3) is 0 Å². The molecule has 2 amide bonds. The van der Waals surface area contributed by atoms with Gasteiger partial charge in [0.15, 0.2) is 0 Å². The Kier molecular flexibility index (Phi) is 9.31. The van der Waals surface area contributed by atoms with Crippen LogP contribution < -0.4 is 4.90 Å². The van der Waals surface area contributed by atoms with Gasteiger partial charge in [-0.3, -0.25) is 9.80 Å². The summed E-state index contributed by atoms with van der Waals surface area (Å²) in [5.74, 6) is 0. The molecule has 0 aliphatic carbocycles. The van der Waals surface area contributed by atoms with Crippen molar-refractivity contribution >= 4 is 17.9 Å². The predicted molar refractivity (Wildman–Crippen MR) is 136 cm³/mol. The molecule has 2 atom stereocenters. The van der Waals surface area contributed by atoms with Crippen LogP contribution in [0.1, 0.15) is 73.5 Å². The van der Waals surface area contributed by atoms with E-state index in [9.17, 15) is 35.9 Å². The zero-order valence-electron chi connectivity index (χ0n) is 22.9. The van der Waals surface area contributed by atoms with Gasteiger partial charge in [0, 0.05) is 12.6 Å². The van der Waals surface area contributed by atoms with E-state index in [1.165, 1.54) is 4.90 Å². The average molecular weight is 575 g/mol. The van der Waals surface area contributed by atoms with Gasteiger partial charge in [-0.1, -0.05) is 19.9 Å². The number of alkyl halides is 6. The monoisotopic (exact) mass is 574 g/mol. The van der Waals surface area contributed by atoms with Gasteiger partial charge >= 0.3 is 24.5 Å². The van der Waals surface area contributed by atoms with Gasteiger partial charge in [-0.15, -0.1) is 0 Å². The van der Waals surface area contributed by atoms with E-state index in [-0.39, 0.29) is 24.7 Å². The highest BCUT2D eigenvalue weighted by Crippen LogP contribution is 2.44. The molecular weight excluding hydrogens is 542 g/mol. The van der Waals surface area contributed by atoms with Crippen molar-refractivity contribution in [2.24, 2.45) is 0 Å². The highest BCUT2D eigenvalue weighted by atomic mass is 19.4. The van der Waals surface area contributed by atoms with Gasteiger partial charge in [0.2, 0.25) is 0 Å². The van der Waals surface area contributed by atoms with Crippen molar-refractivity contribution < 1.29 is 45.4 Å². The molecule has 1 aliphatic heterocycles. The minimum atomic E-state index is -5.04. The number of fused-ring (bicyclic) bond motifs is 1. The molecule has 0 bridgehead atoms. The Morgan fingerprint density at radius 1 is 0.925 bits per heavy atom. The molecular formula is C28H32F6N2O4. The number of carbonyl (C=O) groups is 2. The molecule has 0 unspecified atom stereocenters. The van der Waals surface area contributed by atoms with Crippen LogP contribution in [0.25, 0.3) is 0 Å². The minimum absolute atomic E-state index is 0.0426. The molecule has 0 saturated heterocycles. The standard InChI is InChI=1S/C28H32F6N2O4/c1-6-18-12-22-23(9-16(4)36(26(38)40-8-3)24(22)13-19(18)7-2)35(25(37)39-5)15-17-10-20(27(29,30)31)14-21(11-17)28(32,33)34/h10-14,16,23H,6-9,15H2,1-5H3/t16-,23+/m0/s1. The van der Waals surface area contributed by atoms with Crippen LogP contribution in [0, 0.1) is 0 Å². The van der Waals surface area contributed by atoms with Gasteiger partial charge in [-0.25, -0.2) is 9.59 Å². The van der Waals surface area contributed by atoms with Crippen LogP contribution in [-0.2, 0) is 41.2 Å². The summed E-state index contributed by atoms with van der Waals surface area (Å²) < 4.78 is 91.3. The number of halogens is 6. The third-order valence-corrected chi connectivity index (χ3v) is 6.98. The van der Waals surface area contributed by atoms with Crippen LogP contribution in [0.5, 0.6) is 0 Å². The van der Waals surface area contributed by atoms with E-state index in [0.29, 0.717) is 36.2 Å². The first kappa shape index (κ1) is 31.1. The van der Waals surface area contributed by atoms with Crippen LogP contribution in [0.2, 0.25) is 0 Å². The number of methoxy groups -OCH3 is 1. The maximum Gasteiger partial charge on any atom is 0.416 e. The lowest BCUT2D eigenvalue weighted by atomic mass is 9.86. The molecule has 0 spiro atoms. The maximum absolute atomic E-state index is 13.5. The summed E-state index contributed by atoms with van der Waals surface area (Å²) in [5, 5.41) is 0. The number of hydrogen-bond acceptors (Lipinski definition) is 4. The summed E-state index contributed by atoms with van der Waals surface area (Å²) in [4.78, 5) is 28.6. The lowest BCUT2D eigenvalue weighted by molar-refractivity contribution is -0.143. The number of ether oxygens (including phenoxy) is 2. The molecule has 0 N–H and O–H groups in total. The maximum atomic E-state index is 13.5. The number of benzene rings is 2. The third-order valence-electron chi connectivity index (χ3n) is 6.98. The molecule has 0 aromatic heterocycles. The molecule has 2 aromatic carbocycles. The highest BCUT2D eigenvalue weighted by Gasteiger charge is 2.41. The van der Waals surface area contributed by atoms with E-state index in [1.54, 1.807) is 13.8 Å². The van der Waals surface area contributed by atoms with Crippen LogP contribution in [0.4, 0.5) is 41.6 Å². The Balaban J connectivity index is 2.20. The van der Waals surface area contributed by atoms with Crippen molar-refractivity contribution in [2.45, 2.75) is 77.9 Å². The second-order valence-electron chi connectivity index (χ2n) is 9.57. The smallest absolute Gasteiger partial charge is 0.416 e. The molecule has 40 heavy (non-hydrogen) atoms. The minimum Gasteiger partial charge on any atom is -0.453 e. The third kappa shape index (κ3) is 6.47. The Morgan fingerprint density at radius 2 is 1.48 bits per heavy atom. The molecule has 1 heterocycles. The van der Waals surface area contributed by atoms with E-state index >= 15 is 0 Å². The summed E-state index contributed by atoms with van der Waals surface area (Å²) >= 11 is 0. The summed E-state index contributed by atoms with van der Waals surface area (Å²) in [6, 6.07) is 3.56. The largest absolute Gasteiger partial charge is 0.453 e. The van der Waals surface area contributed by atoms with E-state index in [1.807, 2.05) is 26.0 Å². The van der Waals surface area contributed by atoms with Gasteiger partial charge < -0.3 is 9.47 Å². The van der Waals surface area contributed by atoms with Crippen molar-refractivity contribution in [1.82, 2.24) is 4.90 Å². The Hall–Kier alpha value is -3.44. The summed E-state index contributed by atoms with van der Waals surface area (Å²) in [6.07, 6.45) is -10.2. The first-order valence-corrected chi connectivity index (χ1v) is 12.9. The average Bonchev–Trinajstić information content (AvgIpc) is 2.89. The van der Waals surface area contributed by atoms with E-state index in [2.05, 4.69) is 0 Å². The van der Waals surface area contributed by atoms with E-state index in [4.69, 9.17) is 9.47 Å². The summed E-state index contributed by atoms with van der Waals surface area (Å²) in [5.41, 5.74) is -0.439. The lowest BCUT2D eigenvalue weighted by Gasteiger charge is -2.43. The first-order valence-electron chi connectivity index (χ1n) is 12.9. The molecule has 1 aliphatic rings. The topological polar surface area (TPSA) is 59.1 Å². The molecule has 12 heteroatoms. The predicted octanol–water partition coefficient (Wildman–Crippen LogP) is 7.91. The van der Waals surface area contributed by atoms with Crippen LogP contribution >= 0.6 is 0 Å². The van der Waals surface area contributed by atoms with Gasteiger partial charge in [-0.2, -0.15) is 26.3 Å². The number of rotatable bonds is 6. The number of amides is 2. The molecule has 6 nitrogen and oxygen atoms in total. The van der Waals surface area contributed by atoms with Crippen LogP contribution in [0.15, 0.2) is 30.3 Å². The van der Waals surface area contributed by atoms with Gasteiger partial charge in [0.05, 0.1) is 36.6 Å². The summed E-state index contributed by atoms with van der Waals surface area (Å²) in [6.45, 7) is 6.81. The number of hydrogen-bond donors (Lipinski definition) is 0. The lowest BCUT2D eigenvalue weighted by Crippen LogP contribution is -2.47. The number of anilines is 1. The van der Waals surface area contributed by atoms with E-state index < -0.39 is 54.3 Å².